The molecule has 2 aromatic carbocycles. The van der Waals surface area contributed by atoms with Gasteiger partial charge in [0.15, 0.2) is 34.3 Å². The number of H-pyrrole nitrogens is 3. The molecule has 0 atom stereocenters. The molecule has 11 aromatic rings. The summed E-state index contributed by atoms with van der Waals surface area (Å²) in [6.45, 7) is 18.6. The summed E-state index contributed by atoms with van der Waals surface area (Å²) in [5.74, 6) is 1.78. The van der Waals surface area contributed by atoms with Gasteiger partial charge in [-0.1, -0.05) is 60.7 Å². The van der Waals surface area contributed by atoms with Gasteiger partial charge in [0.2, 0.25) is 16.3 Å². The summed E-state index contributed by atoms with van der Waals surface area (Å²) in [5, 5.41) is 43.8. The number of nitrogens with one attached hydrogen (secondary N) is 6. The summed E-state index contributed by atoms with van der Waals surface area (Å²) >= 11 is 5.98. The molecule has 0 fully saturated rings. The number of alkyl halides is 1. The van der Waals surface area contributed by atoms with E-state index in [1.807, 2.05) is 130 Å². The topological polar surface area (TPSA) is 352 Å². The number of aryl methyl sites for hydroxylation is 2. The fraction of sp³-hybridized carbons (Fsp3) is 0.368. The lowest BCUT2D eigenvalue weighted by Gasteiger charge is -2.35. The zero-order valence-corrected chi connectivity index (χ0v) is 60.7. The molecule has 9 aromatic heterocycles. The zero-order chi connectivity index (χ0) is 74.1. The molecule has 0 unspecified atom stereocenters. The minimum Gasteiger partial charge on any atom is -0.503 e. The molecule has 12 heterocycles. The number of unbranched alkanes of at least 4 members (excludes halogenated alkanes) is 2. The molecule has 0 saturated heterocycles. The highest BCUT2D eigenvalue weighted by Gasteiger charge is 2.35. The number of nitrogens with zero attached hydrogens (tertiary/aromatic N) is 12. The van der Waals surface area contributed by atoms with Crippen molar-refractivity contribution in [1.29, 1.82) is 0 Å². The molecule has 550 valence electrons. The van der Waals surface area contributed by atoms with Gasteiger partial charge in [-0.2, -0.15) is 15.3 Å². The number of aromatic amines is 3. The monoisotopic (exact) mass is 1450 g/mol. The first-order chi connectivity index (χ1) is 50.9. The molecule has 0 aliphatic carbocycles. The number of aromatic hydroxyl groups is 1. The van der Waals surface area contributed by atoms with Crippen LogP contribution in [0.25, 0.3) is 32.7 Å². The second kappa shape index (κ2) is 35.2. The summed E-state index contributed by atoms with van der Waals surface area (Å²) < 4.78 is 17.4. The van der Waals surface area contributed by atoms with E-state index in [9.17, 15) is 33.9 Å². The second-order valence-electron chi connectivity index (χ2n) is 26.4. The minimum atomic E-state index is -0.496. The summed E-state index contributed by atoms with van der Waals surface area (Å²) in [7, 11) is 0. The highest BCUT2D eigenvalue weighted by atomic mass is 35.5. The molecule has 0 radical (unpaired) electrons. The first-order valence-corrected chi connectivity index (χ1v) is 36.0. The minimum absolute atomic E-state index is 0.0174. The number of carbonyl (C=O) groups excluding carboxylic acids is 3. The molecule has 0 saturated carbocycles. The lowest BCUT2D eigenvalue weighted by molar-refractivity contribution is 0.0628. The highest BCUT2D eigenvalue weighted by Crippen LogP contribution is 2.30. The molecule has 14 rings (SSSR count). The summed E-state index contributed by atoms with van der Waals surface area (Å²) in [5.41, 5.74) is 12.2. The highest BCUT2D eigenvalue weighted by molar-refractivity contribution is 6.17. The van der Waals surface area contributed by atoms with Gasteiger partial charge >= 0.3 is 0 Å². The Hall–Kier alpha value is -11.4. The SMILES string of the molecule is CC(C)N1CCn2c(CCCCNc3nccc4[nH]ncc34)cc(=O)c(O)c2C1=O.CC(C)N1CCn2c(CCCCNc3nccc4[nH]ncc34)cc(=O)c(OCc3ccccc3)c2C1=O.CC(C)N1CCn2c(CCl)cc(=O)c(OCc3ccccc3)c2C1=O.NCCNc1nccc2[nH]ncc12. The van der Waals surface area contributed by atoms with Crippen LogP contribution >= 0.6 is 11.6 Å². The molecular formula is C76H90ClN19O9. The van der Waals surface area contributed by atoms with E-state index in [1.54, 1.807) is 62.5 Å². The molecule has 3 aliphatic rings. The van der Waals surface area contributed by atoms with E-state index in [0.717, 1.165) is 118 Å². The Morgan fingerprint density at radius 2 is 0.838 bits per heavy atom. The zero-order valence-electron chi connectivity index (χ0n) is 59.9. The number of pyridine rings is 6. The van der Waals surface area contributed by atoms with Gasteiger partial charge in [-0.3, -0.25) is 44.1 Å². The Labute approximate surface area is 611 Å². The van der Waals surface area contributed by atoms with Crippen LogP contribution in [0.3, 0.4) is 0 Å². The van der Waals surface area contributed by atoms with E-state index in [1.165, 1.54) is 12.1 Å². The Morgan fingerprint density at radius 3 is 1.23 bits per heavy atom. The summed E-state index contributed by atoms with van der Waals surface area (Å²) in [6.07, 6.45) is 15.3. The van der Waals surface area contributed by atoms with Crippen molar-refractivity contribution >= 4 is 79.5 Å². The molecule has 105 heavy (non-hydrogen) atoms. The third-order valence-corrected chi connectivity index (χ3v) is 18.7. The quantitative estimate of drug-likeness (QED) is 0.0195. The van der Waals surface area contributed by atoms with E-state index in [2.05, 4.69) is 61.5 Å². The summed E-state index contributed by atoms with van der Waals surface area (Å²) in [4.78, 5) is 95.4. The van der Waals surface area contributed by atoms with Crippen LogP contribution in [0, 0.1) is 0 Å². The number of amides is 3. The van der Waals surface area contributed by atoms with Crippen molar-refractivity contribution in [3.05, 3.63) is 210 Å². The van der Waals surface area contributed by atoms with Crippen molar-refractivity contribution in [2.45, 2.75) is 137 Å². The fourth-order valence-electron chi connectivity index (χ4n) is 13.0. The average Bonchev–Trinajstić information content (AvgIpc) is 1.51. The maximum absolute atomic E-state index is 13.5. The largest absolute Gasteiger partial charge is 0.503 e. The number of nitrogens with two attached hydrogens (primary N) is 1. The third-order valence-electron chi connectivity index (χ3n) is 18.5. The predicted molar refractivity (Wildman–Crippen MR) is 405 cm³/mol. The lowest BCUT2D eigenvalue weighted by atomic mass is 10.1. The number of hydrogen-bond donors (Lipinski definition) is 8. The van der Waals surface area contributed by atoms with E-state index >= 15 is 0 Å². The number of fused-ring (bicyclic) bond motifs is 6. The second-order valence-corrected chi connectivity index (χ2v) is 26.7. The molecule has 0 spiro atoms. The van der Waals surface area contributed by atoms with Crippen LogP contribution < -0.4 is 47.4 Å². The maximum Gasteiger partial charge on any atom is 0.274 e. The molecule has 29 heteroatoms. The van der Waals surface area contributed by atoms with Crippen molar-refractivity contribution < 1.29 is 29.0 Å². The Balaban J connectivity index is 0.000000147. The number of carbonyl (C=O) groups is 3. The summed E-state index contributed by atoms with van der Waals surface area (Å²) in [6, 6.07) is 29.6. The van der Waals surface area contributed by atoms with Gasteiger partial charge in [0.1, 0.15) is 30.7 Å². The molecule has 3 amide bonds. The van der Waals surface area contributed by atoms with Gasteiger partial charge in [0.25, 0.3) is 17.7 Å². The Morgan fingerprint density at radius 1 is 0.476 bits per heavy atom. The van der Waals surface area contributed by atoms with Crippen LogP contribution in [-0.2, 0) is 51.6 Å². The number of halogens is 1. The van der Waals surface area contributed by atoms with Crippen molar-refractivity contribution in [3.63, 3.8) is 0 Å². The number of aromatic nitrogens is 12. The molecule has 0 bridgehead atoms. The number of hydrogen-bond acceptors (Lipinski definition) is 19. The Bertz CT molecular complexity index is 4990. The first-order valence-electron chi connectivity index (χ1n) is 35.5. The van der Waals surface area contributed by atoms with Crippen molar-refractivity contribution in [2.24, 2.45) is 5.73 Å². The number of anilines is 3. The van der Waals surface area contributed by atoms with Crippen molar-refractivity contribution in [2.75, 3.05) is 61.8 Å². The van der Waals surface area contributed by atoms with Crippen LogP contribution in [0.4, 0.5) is 17.5 Å². The molecule has 28 nitrogen and oxygen atoms in total. The lowest BCUT2D eigenvalue weighted by Crippen LogP contribution is -2.46. The van der Waals surface area contributed by atoms with E-state index in [0.29, 0.717) is 75.7 Å². The van der Waals surface area contributed by atoms with Crippen LogP contribution in [0.15, 0.2) is 149 Å². The van der Waals surface area contributed by atoms with Crippen LogP contribution in [0.2, 0.25) is 0 Å². The average molecular weight is 1450 g/mol. The number of rotatable bonds is 25. The third kappa shape index (κ3) is 17.6. The van der Waals surface area contributed by atoms with E-state index < -0.39 is 11.2 Å². The van der Waals surface area contributed by atoms with Crippen molar-refractivity contribution in [1.82, 2.24) is 73.9 Å². The first kappa shape index (κ1) is 74.8. The smallest absolute Gasteiger partial charge is 0.274 e. The van der Waals surface area contributed by atoms with Gasteiger partial charge in [0, 0.05) is 137 Å². The maximum atomic E-state index is 13.5. The van der Waals surface area contributed by atoms with Crippen LogP contribution in [0.5, 0.6) is 17.2 Å². The predicted octanol–water partition coefficient (Wildman–Crippen LogP) is 9.48. The standard InChI is InChI=1S/C28H32N6O3.C21H26N6O3.C19H21ClN2O3.C8H11N5/c1-19(2)33-14-15-34-21(10-6-7-12-29-27-22-17-31-32-23(22)11-13-30-27)16-24(35)26(25(34)28(33)36)37-18-20-8-4-3-5-9-20;1-13(2)26-9-10-27-14(11-17(28)19(29)18(27)21(26)30)5-3-4-7-22-20-15-12-24-25-16(15)6-8-23-20;1-13(2)21-8-9-22-15(11-20)10-16(23)18(17(22)19(21)24)25-12-14-6-4-3-5-7-14;9-2-4-11-8-6-5-12-13-7(6)1-3-10-8/h3-5,8-9,11,13,16-17,19H,6-7,10,12,14-15,18H2,1-2H3,(H,29,30)(H,31,32);6,8,11-13,29H,3-5,7,9-10H2,1-2H3,(H,22,23)(H,24,25);3-7,10,13H,8-9,11-12H2,1-2H3;1,3,5H,2,4,9H2,(H,10,11)(H,12,13). The normalized spacial score (nSPS) is 13.2. The number of ether oxygens (including phenoxy) is 2. The van der Waals surface area contributed by atoms with Crippen LogP contribution in [0.1, 0.15) is 127 Å². The Kier molecular flexibility index (Phi) is 25.1. The van der Waals surface area contributed by atoms with Gasteiger partial charge in [-0.05, 0) is 109 Å². The van der Waals surface area contributed by atoms with Crippen LogP contribution in [-0.4, -0.2) is 161 Å². The van der Waals surface area contributed by atoms with Gasteiger partial charge in [-0.25, -0.2) is 15.0 Å². The molecule has 3 aliphatic heterocycles. The van der Waals surface area contributed by atoms with Gasteiger partial charge in [0.05, 0.1) is 57.2 Å². The van der Waals surface area contributed by atoms with E-state index in [-0.39, 0.29) is 83.0 Å². The fourth-order valence-corrected chi connectivity index (χ4v) is 13.2. The van der Waals surface area contributed by atoms with Gasteiger partial charge in [-0.15, -0.1) is 11.6 Å². The number of benzene rings is 2. The van der Waals surface area contributed by atoms with Crippen molar-refractivity contribution in [3.8, 4) is 17.2 Å². The van der Waals surface area contributed by atoms with Gasteiger partial charge < -0.3 is 64.7 Å². The molecular weight excluding hydrogens is 1360 g/mol. The molecule has 9 N–H and O–H groups in total. The van der Waals surface area contributed by atoms with E-state index in [4.69, 9.17) is 26.8 Å².